The summed E-state index contributed by atoms with van der Waals surface area (Å²) in [7, 11) is 0. The molecule has 0 atom stereocenters. The Balaban J connectivity index is 1.74. The van der Waals surface area contributed by atoms with Crippen LogP contribution in [0.1, 0.15) is 19.4 Å². The topological polar surface area (TPSA) is 27.1 Å². The Morgan fingerprint density at radius 1 is 0.933 bits per heavy atom. The zero-order valence-electron chi connectivity index (χ0n) is 16.4. The SMILES string of the molecule is CC(C)Oc1ccc(-n2c(SCc3ccc(Cl)cc3)nc3cc(Cl)c(Cl)cc32)cc1. The Labute approximate surface area is 194 Å². The van der Waals surface area contributed by atoms with Gasteiger partial charge in [-0.05, 0) is 67.9 Å². The summed E-state index contributed by atoms with van der Waals surface area (Å²) < 4.78 is 7.87. The fraction of sp³-hybridized carbons (Fsp3) is 0.174. The van der Waals surface area contributed by atoms with Gasteiger partial charge in [0.2, 0.25) is 0 Å². The fourth-order valence-corrected chi connectivity index (χ4v) is 4.50. The predicted octanol–water partition coefficient (Wildman–Crippen LogP) is 8.07. The van der Waals surface area contributed by atoms with Crippen molar-refractivity contribution in [3.05, 3.63) is 81.3 Å². The van der Waals surface area contributed by atoms with Crippen molar-refractivity contribution >= 4 is 57.6 Å². The predicted molar refractivity (Wildman–Crippen MR) is 128 cm³/mol. The molecule has 0 amide bonds. The quantitative estimate of drug-likeness (QED) is 0.263. The second-order valence-corrected chi connectivity index (χ2v) is 9.25. The normalized spacial score (nSPS) is 11.4. The summed E-state index contributed by atoms with van der Waals surface area (Å²) in [5, 5.41) is 2.57. The average Bonchev–Trinajstić information content (AvgIpc) is 3.05. The minimum absolute atomic E-state index is 0.122. The van der Waals surface area contributed by atoms with Crippen molar-refractivity contribution < 1.29 is 4.74 Å². The monoisotopic (exact) mass is 476 g/mol. The van der Waals surface area contributed by atoms with E-state index in [1.54, 1.807) is 17.8 Å². The number of fused-ring (bicyclic) bond motifs is 1. The summed E-state index contributed by atoms with van der Waals surface area (Å²) in [5.74, 6) is 1.59. The number of nitrogens with zero attached hydrogens (tertiary/aromatic N) is 2. The zero-order valence-corrected chi connectivity index (χ0v) is 19.5. The molecule has 154 valence electrons. The third-order valence-electron chi connectivity index (χ3n) is 4.41. The Kier molecular flexibility index (Phi) is 6.49. The van der Waals surface area contributed by atoms with E-state index in [0.29, 0.717) is 10.0 Å². The maximum Gasteiger partial charge on any atom is 0.174 e. The number of hydrogen-bond donors (Lipinski definition) is 0. The van der Waals surface area contributed by atoms with Gasteiger partial charge in [0.05, 0.1) is 27.2 Å². The summed E-state index contributed by atoms with van der Waals surface area (Å²) >= 11 is 20.2. The van der Waals surface area contributed by atoms with Gasteiger partial charge in [-0.3, -0.25) is 4.57 Å². The molecule has 1 heterocycles. The molecule has 0 aliphatic carbocycles. The number of aromatic nitrogens is 2. The van der Waals surface area contributed by atoms with E-state index in [9.17, 15) is 0 Å². The number of imidazole rings is 1. The summed E-state index contributed by atoms with van der Waals surface area (Å²) in [6.07, 6.45) is 0.122. The van der Waals surface area contributed by atoms with Gasteiger partial charge in [-0.25, -0.2) is 4.98 Å². The van der Waals surface area contributed by atoms with Crippen LogP contribution in [-0.4, -0.2) is 15.7 Å². The second-order valence-electron chi connectivity index (χ2n) is 7.06. The number of hydrogen-bond acceptors (Lipinski definition) is 3. The number of ether oxygens (including phenoxy) is 1. The highest BCUT2D eigenvalue weighted by molar-refractivity contribution is 7.98. The van der Waals surface area contributed by atoms with Gasteiger partial charge in [0, 0.05) is 16.5 Å². The average molecular weight is 478 g/mol. The molecular weight excluding hydrogens is 459 g/mol. The van der Waals surface area contributed by atoms with Crippen LogP contribution in [0.5, 0.6) is 5.75 Å². The molecule has 1 aromatic heterocycles. The van der Waals surface area contributed by atoms with Gasteiger partial charge in [-0.15, -0.1) is 0 Å². The molecule has 0 aliphatic heterocycles. The Morgan fingerprint density at radius 2 is 1.60 bits per heavy atom. The molecule has 0 bridgehead atoms. The molecule has 0 saturated carbocycles. The molecule has 3 aromatic carbocycles. The van der Waals surface area contributed by atoms with Gasteiger partial charge < -0.3 is 4.74 Å². The Morgan fingerprint density at radius 3 is 2.27 bits per heavy atom. The second kappa shape index (κ2) is 9.11. The van der Waals surface area contributed by atoms with E-state index in [1.807, 2.05) is 68.4 Å². The van der Waals surface area contributed by atoms with Crippen molar-refractivity contribution in [1.29, 1.82) is 0 Å². The molecule has 0 aliphatic rings. The highest BCUT2D eigenvalue weighted by atomic mass is 35.5. The summed E-state index contributed by atoms with van der Waals surface area (Å²) in [6.45, 7) is 4.02. The van der Waals surface area contributed by atoms with Crippen LogP contribution in [0.25, 0.3) is 16.7 Å². The van der Waals surface area contributed by atoms with Crippen LogP contribution in [0.2, 0.25) is 15.1 Å². The molecule has 0 unspecified atom stereocenters. The lowest BCUT2D eigenvalue weighted by Gasteiger charge is -2.12. The molecule has 0 fully saturated rings. The van der Waals surface area contributed by atoms with Gasteiger partial charge in [0.1, 0.15) is 5.75 Å². The van der Waals surface area contributed by atoms with Crippen LogP contribution in [0.4, 0.5) is 0 Å². The first-order chi connectivity index (χ1) is 14.4. The van der Waals surface area contributed by atoms with Crippen molar-refractivity contribution in [1.82, 2.24) is 9.55 Å². The molecule has 0 N–H and O–H groups in total. The lowest BCUT2D eigenvalue weighted by molar-refractivity contribution is 0.242. The van der Waals surface area contributed by atoms with Crippen molar-refractivity contribution in [3.8, 4) is 11.4 Å². The third kappa shape index (κ3) is 4.73. The molecule has 7 heteroatoms. The largest absolute Gasteiger partial charge is 0.491 e. The van der Waals surface area contributed by atoms with Gasteiger partial charge in [-0.2, -0.15) is 0 Å². The van der Waals surface area contributed by atoms with Crippen LogP contribution in [-0.2, 0) is 5.75 Å². The molecule has 4 rings (SSSR count). The summed E-state index contributed by atoms with van der Waals surface area (Å²) in [6, 6.07) is 19.5. The minimum atomic E-state index is 0.122. The van der Waals surface area contributed by atoms with E-state index in [1.165, 1.54) is 5.56 Å². The number of halogens is 3. The van der Waals surface area contributed by atoms with Crippen molar-refractivity contribution in [2.75, 3.05) is 0 Å². The van der Waals surface area contributed by atoms with Gasteiger partial charge in [0.25, 0.3) is 0 Å². The molecule has 4 aromatic rings. The van der Waals surface area contributed by atoms with Gasteiger partial charge in [0.15, 0.2) is 5.16 Å². The Hall–Kier alpha value is -1.85. The van der Waals surface area contributed by atoms with E-state index >= 15 is 0 Å². The Bertz CT molecular complexity index is 1170. The van der Waals surface area contributed by atoms with Crippen molar-refractivity contribution in [2.45, 2.75) is 30.9 Å². The van der Waals surface area contributed by atoms with E-state index < -0.39 is 0 Å². The number of rotatable bonds is 6. The third-order valence-corrected chi connectivity index (χ3v) is 6.40. The van der Waals surface area contributed by atoms with E-state index in [-0.39, 0.29) is 6.10 Å². The van der Waals surface area contributed by atoms with Crippen LogP contribution in [0.15, 0.2) is 65.8 Å². The maximum atomic E-state index is 6.31. The first-order valence-electron chi connectivity index (χ1n) is 9.42. The van der Waals surface area contributed by atoms with Crippen LogP contribution in [0, 0.1) is 0 Å². The molecular formula is C23H19Cl3N2OS. The van der Waals surface area contributed by atoms with Crippen LogP contribution in [0.3, 0.4) is 0 Å². The van der Waals surface area contributed by atoms with Crippen LogP contribution >= 0.6 is 46.6 Å². The lowest BCUT2D eigenvalue weighted by Crippen LogP contribution is -2.05. The molecule has 0 radical (unpaired) electrons. The first kappa shape index (κ1) is 21.4. The summed E-state index contributed by atoms with van der Waals surface area (Å²) in [5.41, 5.74) is 3.84. The van der Waals surface area contributed by atoms with E-state index in [0.717, 1.165) is 38.4 Å². The summed E-state index contributed by atoms with van der Waals surface area (Å²) in [4.78, 5) is 4.82. The highest BCUT2D eigenvalue weighted by Gasteiger charge is 2.16. The zero-order chi connectivity index (χ0) is 21.3. The number of benzene rings is 3. The van der Waals surface area contributed by atoms with Crippen molar-refractivity contribution in [2.24, 2.45) is 0 Å². The minimum Gasteiger partial charge on any atom is -0.491 e. The maximum absolute atomic E-state index is 6.31. The van der Waals surface area contributed by atoms with E-state index in [2.05, 4.69) is 4.57 Å². The molecule has 0 saturated heterocycles. The number of thioether (sulfide) groups is 1. The lowest BCUT2D eigenvalue weighted by atomic mass is 10.2. The smallest absolute Gasteiger partial charge is 0.174 e. The molecule has 3 nitrogen and oxygen atoms in total. The molecule has 30 heavy (non-hydrogen) atoms. The molecule has 0 spiro atoms. The van der Waals surface area contributed by atoms with Gasteiger partial charge in [-0.1, -0.05) is 58.7 Å². The van der Waals surface area contributed by atoms with E-state index in [4.69, 9.17) is 44.5 Å². The van der Waals surface area contributed by atoms with Crippen LogP contribution < -0.4 is 4.74 Å². The highest BCUT2D eigenvalue weighted by Crippen LogP contribution is 2.34. The fourth-order valence-electron chi connectivity index (χ4n) is 3.07. The van der Waals surface area contributed by atoms with Gasteiger partial charge >= 0.3 is 0 Å². The first-order valence-corrected chi connectivity index (χ1v) is 11.5. The standard InChI is InChI=1S/C23H19Cl3N2OS/c1-14(2)29-18-9-7-17(8-10-18)28-22-12-20(26)19(25)11-21(22)27-23(28)30-13-15-3-5-16(24)6-4-15/h3-12,14H,13H2,1-2H3. The van der Waals surface area contributed by atoms with Crippen molar-refractivity contribution in [3.63, 3.8) is 0 Å².